The fourth-order valence-electron chi connectivity index (χ4n) is 3.97. The molecule has 0 aliphatic rings. The predicted molar refractivity (Wildman–Crippen MR) is 135 cm³/mol. The van der Waals surface area contributed by atoms with E-state index in [1.54, 1.807) is 27.7 Å². The van der Waals surface area contributed by atoms with E-state index in [2.05, 4.69) is 17.4 Å². The van der Waals surface area contributed by atoms with Crippen molar-refractivity contribution in [3.05, 3.63) is 71.8 Å². The molecule has 35 heavy (non-hydrogen) atoms. The first-order valence-corrected chi connectivity index (χ1v) is 12.0. The second kappa shape index (κ2) is 13.9. The number of hydrogen-bond donors (Lipinski definition) is 2. The number of carbonyl (C=O) groups excluding carboxylic acids is 2. The summed E-state index contributed by atoms with van der Waals surface area (Å²) in [6.07, 6.45) is 0.105. The summed E-state index contributed by atoms with van der Waals surface area (Å²) in [5, 5.41) is 13.2. The van der Waals surface area contributed by atoms with Crippen LogP contribution in [0, 0.1) is 11.8 Å². The molecule has 0 saturated carbocycles. The normalized spacial score (nSPS) is 14.9. The molecule has 0 aromatic heterocycles. The lowest BCUT2D eigenvalue weighted by Gasteiger charge is -2.30. The Bertz CT molecular complexity index is 895. The average molecular weight is 486 g/mol. The fraction of sp³-hybridized carbons (Fsp3) is 0.500. The minimum Gasteiger partial charge on any atom is -0.467 e. The maximum absolute atomic E-state index is 12.3. The Labute approximate surface area is 208 Å². The van der Waals surface area contributed by atoms with Gasteiger partial charge in [-0.1, -0.05) is 60.7 Å². The molecule has 4 atom stereocenters. The number of hydrogen-bond acceptors (Lipinski definition) is 6. The van der Waals surface area contributed by atoms with E-state index in [0.29, 0.717) is 19.4 Å². The van der Waals surface area contributed by atoms with Gasteiger partial charge in [0.15, 0.2) is 6.04 Å². The number of esters is 1. The topological polar surface area (TPSA) is 94.1 Å². The summed E-state index contributed by atoms with van der Waals surface area (Å²) in [6.45, 7) is 7.25. The van der Waals surface area contributed by atoms with Crippen molar-refractivity contribution in [1.29, 1.82) is 0 Å². The molecule has 0 saturated heterocycles. The molecule has 2 N–H and O–H groups in total. The Morgan fingerprint density at radius 2 is 1.46 bits per heavy atom. The Morgan fingerprint density at radius 1 is 0.914 bits per heavy atom. The molecule has 0 spiro atoms. The molecule has 7 heteroatoms. The van der Waals surface area contributed by atoms with Crippen LogP contribution in [0.4, 0.5) is 4.79 Å². The molecule has 0 aliphatic carbocycles. The molecule has 2 rings (SSSR count). The van der Waals surface area contributed by atoms with E-state index in [9.17, 15) is 14.7 Å². The SMILES string of the molecule is COC(=O)[C@H](COC[C@H](Cc1ccccc1)[C@@H](Cc1ccccc1)C(C)O)NC(=O)OC(C)(C)C. The third kappa shape index (κ3) is 10.5. The minimum absolute atomic E-state index is 0.0302. The quantitative estimate of drug-likeness (QED) is 0.438. The van der Waals surface area contributed by atoms with E-state index < -0.39 is 29.8 Å². The van der Waals surface area contributed by atoms with Crippen LogP contribution in [0.1, 0.15) is 38.8 Å². The Kier molecular flexibility index (Phi) is 11.2. The van der Waals surface area contributed by atoms with Crippen molar-refractivity contribution >= 4 is 12.1 Å². The van der Waals surface area contributed by atoms with Gasteiger partial charge in [-0.2, -0.15) is 0 Å². The van der Waals surface area contributed by atoms with Crippen LogP contribution < -0.4 is 5.32 Å². The van der Waals surface area contributed by atoms with Crippen molar-refractivity contribution in [2.75, 3.05) is 20.3 Å². The number of ether oxygens (including phenoxy) is 3. The van der Waals surface area contributed by atoms with E-state index >= 15 is 0 Å². The largest absolute Gasteiger partial charge is 0.467 e. The highest BCUT2D eigenvalue weighted by Crippen LogP contribution is 2.26. The summed E-state index contributed by atoms with van der Waals surface area (Å²) in [4.78, 5) is 24.4. The first-order valence-electron chi connectivity index (χ1n) is 12.0. The van der Waals surface area contributed by atoms with Gasteiger partial charge >= 0.3 is 12.1 Å². The third-order valence-corrected chi connectivity index (χ3v) is 5.67. The van der Waals surface area contributed by atoms with E-state index in [1.165, 1.54) is 7.11 Å². The van der Waals surface area contributed by atoms with Crippen LogP contribution in [0.5, 0.6) is 0 Å². The van der Waals surface area contributed by atoms with Gasteiger partial charge in [0.1, 0.15) is 5.60 Å². The lowest BCUT2D eigenvalue weighted by Crippen LogP contribution is -2.47. The Balaban J connectivity index is 2.13. The molecule has 1 unspecified atom stereocenters. The molecular formula is C28H39NO6. The number of amides is 1. The molecule has 192 valence electrons. The van der Waals surface area contributed by atoms with E-state index in [-0.39, 0.29) is 18.4 Å². The smallest absolute Gasteiger partial charge is 0.408 e. The second-order valence-corrected chi connectivity index (χ2v) is 9.80. The van der Waals surface area contributed by atoms with Gasteiger partial charge in [0.25, 0.3) is 0 Å². The standard InChI is InChI=1S/C28H39NO6/c1-20(30)24(17-22-14-10-7-11-15-22)23(16-21-12-8-6-9-13-21)18-34-19-25(26(31)33-5)29-27(32)35-28(2,3)4/h6-15,20,23-25,30H,16-19H2,1-5H3,(H,29,32)/t20?,23-,24-,25-/m0/s1. The number of aliphatic hydroxyl groups excluding tert-OH is 1. The Morgan fingerprint density at radius 3 is 1.94 bits per heavy atom. The lowest BCUT2D eigenvalue weighted by molar-refractivity contribution is -0.145. The van der Waals surface area contributed by atoms with Crippen molar-refractivity contribution in [3.63, 3.8) is 0 Å². The maximum atomic E-state index is 12.3. The summed E-state index contributed by atoms with van der Waals surface area (Å²) in [6, 6.07) is 19.1. The van der Waals surface area contributed by atoms with Gasteiger partial charge in [0, 0.05) is 0 Å². The zero-order valence-electron chi connectivity index (χ0n) is 21.4. The zero-order valence-corrected chi connectivity index (χ0v) is 21.4. The molecule has 2 aromatic rings. The number of alkyl carbamates (subject to hydrolysis) is 1. The highest BCUT2D eigenvalue weighted by molar-refractivity contribution is 5.81. The third-order valence-electron chi connectivity index (χ3n) is 5.67. The van der Waals surface area contributed by atoms with Crippen LogP contribution in [0.15, 0.2) is 60.7 Å². The van der Waals surface area contributed by atoms with Gasteiger partial charge in [-0.3, -0.25) is 0 Å². The fourth-order valence-corrected chi connectivity index (χ4v) is 3.97. The molecule has 0 bridgehead atoms. The number of rotatable bonds is 12. The van der Waals surface area contributed by atoms with Gasteiger partial charge in [0.2, 0.25) is 0 Å². The number of aliphatic hydroxyl groups is 1. The van der Waals surface area contributed by atoms with Crippen molar-refractivity contribution in [3.8, 4) is 0 Å². The molecule has 0 fully saturated rings. The van der Waals surface area contributed by atoms with Crippen LogP contribution in [0.3, 0.4) is 0 Å². The van der Waals surface area contributed by atoms with Gasteiger partial charge in [0.05, 0.1) is 26.4 Å². The van der Waals surface area contributed by atoms with Gasteiger partial charge in [-0.05, 0) is 63.5 Å². The van der Waals surface area contributed by atoms with E-state index in [1.807, 2.05) is 48.5 Å². The number of carbonyl (C=O) groups is 2. The number of methoxy groups -OCH3 is 1. The highest BCUT2D eigenvalue weighted by atomic mass is 16.6. The van der Waals surface area contributed by atoms with Crippen molar-refractivity contribution in [1.82, 2.24) is 5.32 Å². The van der Waals surface area contributed by atoms with E-state index in [0.717, 1.165) is 11.1 Å². The predicted octanol–water partition coefficient (Wildman–Crippen LogP) is 4.17. The van der Waals surface area contributed by atoms with Crippen LogP contribution in [-0.2, 0) is 31.8 Å². The highest BCUT2D eigenvalue weighted by Gasteiger charge is 2.29. The first-order chi connectivity index (χ1) is 16.6. The zero-order chi connectivity index (χ0) is 25.8. The van der Waals surface area contributed by atoms with Crippen molar-refractivity contribution < 1.29 is 28.9 Å². The molecule has 0 heterocycles. The number of nitrogens with one attached hydrogen (secondary N) is 1. The van der Waals surface area contributed by atoms with Crippen LogP contribution in [0.2, 0.25) is 0 Å². The first kappa shape index (κ1) is 28.3. The van der Waals surface area contributed by atoms with Crippen LogP contribution >= 0.6 is 0 Å². The maximum Gasteiger partial charge on any atom is 0.408 e. The lowest BCUT2D eigenvalue weighted by atomic mass is 9.80. The average Bonchev–Trinajstić information content (AvgIpc) is 2.80. The van der Waals surface area contributed by atoms with E-state index in [4.69, 9.17) is 14.2 Å². The molecule has 0 radical (unpaired) electrons. The van der Waals surface area contributed by atoms with Gasteiger partial charge < -0.3 is 24.6 Å². The second-order valence-electron chi connectivity index (χ2n) is 9.80. The molecule has 0 aliphatic heterocycles. The summed E-state index contributed by atoms with van der Waals surface area (Å²) < 4.78 is 16.1. The summed E-state index contributed by atoms with van der Waals surface area (Å²) in [5.41, 5.74) is 1.57. The van der Waals surface area contributed by atoms with Crippen molar-refractivity contribution in [2.24, 2.45) is 11.8 Å². The number of benzene rings is 2. The summed E-state index contributed by atoms with van der Waals surface area (Å²) in [7, 11) is 1.26. The monoisotopic (exact) mass is 485 g/mol. The Hall–Kier alpha value is -2.90. The van der Waals surface area contributed by atoms with Crippen LogP contribution in [0.25, 0.3) is 0 Å². The van der Waals surface area contributed by atoms with Gasteiger partial charge in [-0.15, -0.1) is 0 Å². The summed E-state index contributed by atoms with van der Waals surface area (Å²) in [5.74, 6) is -0.725. The molecular weight excluding hydrogens is 446 g/mol. The molecule has 1 amide bonds. The minimum atomic E-state index is -1.01. The van der Waals surface area contributed by atoms with Gasteiger partial charge in [-0.25, -0.2) is 9.59 Å². The molecule has 2 aromatic carbocycles. The molecule has 7 nitrogen and oxygen atoms in total. The summed E-state index contributed by atoms with van der Waals surface area (Å²) >= 11 is 0. The van der Waals surface area contributed by atoms with Crippen LogP contribution in [-0.4, -0.2) is 55.2 Å². The van der Waals surface area contributed by atoms with Crippen molar-refractivity contribution in [2.45, 2.75) is 58.3 Å².